The lowest BCUT2D eigenvalue weighted by atomic mass is 10.2. The minimum atomic E-state index is 0. The summed E-state index contributed by atoms with van der Waals surface area (Å²) < 4.78 is 2.67. The van der Waals surface area contributed by atoms with Crippen LogP contribution < -0.4 is 9.88 Å². The van der Waals surface area contributed by atoms with E-state index in [1.807, 2.05) is 24.3 Å². The Labute approximate surface area is 81.1 Å². The summed E-state index contributed by atoms with van der Waals surface area (Å²) in [5.41, 5.74) is 5.21. The zero-order valence-corrected chi connectivity index (χ0v) is 8.50. The maximum Gasteiger partial charge on any atom is 0.0496 e. The van der Waals surface area contributed by atoms with Gasteiger partial charge in [0.2, 0.25) is 0 Å². The molecule has 0 saturated heterocycles. The summed E-state index contributed by atoms with van der Waals surface area (Å²) >= 11 is 3.04. The lowest BCUT2D eigenvalue weighted by molar-refractivity contribution is 1.24. The van der Waals surface area contributed by atoms with Gasteiger partial charge in [-0.1, -0.05) is 17.7 Å². The Morgan fingerprint density at radius 3 is 2.18 bits per heavy atom. The van der Waals surface area contributed by atoms with E-state index in [0.717, 1.165) is 5.69 Å². The first-order valence-corrected chi connectivity index (χ1v) is 3.80. The van der Waals surface area contributed by atoms with Gasteiger partial charge in [-0.3, -0.25) is 0 Å². The molecule has 0 unspecified atom stereocenters. The van der Waals surface area contributed by atoms with Crippen LogP contribution in [-0.4, -0.2) is 0 Å². The van der Waals surface area contributed by atoms with Crippen molar-refractivity contribution in [2.45, 2.75) is 6.92 Å². The molecule has 1 aromatic carbocycles. The van der Waals surface area contributed by atoms with E-state index in [9.17, 15) is 0 Å². The van der Waals surface area contributed by atoms with Crippen molar-refractivity contribution in [2.24, 2.45) is 0 Å². The molecule has 1 rings (SSSR count). The monoisotopic (exact) mass is 236 g/mol. The second-order valence-electron chi connectivity index (χ2n) is 2.09. The van der Waals surface area contributed by atoms with Crippen LogP contribution in [0.1, 0.15) is 5.56 Å². The van der Waals surface area contributed by atoms with E-state index in [4.69, 9.17) is 0 Å². The number of rotatable bonds is 2. The van der Waals surface area contributed by atoms with Crippen molar-refractivity contribution in [1.29, 1.82) is 0 Å². The van der Waals surface area contributed by atoms with Crippen LogP contribution in [0.25, 0.3) is 0 Å². The van der Waals surface area contributed by atoms with Crippen molar-refractivity contribution in [2.75, 3.05) is 5.43 Å². The zero-order valence-electron chi connectivity index (χ0n) is 6.10. The van der Waals surface area contributed by atoms with E-state index in [0.29, 0.717) is 0 Å². The molecular weight excluding hydrogens is 227 g/mol. The van der Waals surface area contributed by atoms with Crippen LogP contribution in [-0.2, 0) is 0 Å². The van der Waals surface area contributed by atoms with E-state index < -0.39 is 0 Å². The SMILES string of the molecule is Cc1ccc(NNBr)cc1.Cl. The standard InChI is InChI=1S/C7H9BrN2.ClH/c1-6-2-4-7(5-3-6)9-10-8;/h2-5,9-10H,1H3;1H. The molecule has 0 saturated carbocycles. The molecular formula is C7H10BrClN2. The van der Waals surface area contributed by atoms with Gasteiger partial charge in [-0.2, -0.15) is 4.45 Å². The molecule has 0 spiro atoms. The van der Waals surface area contributed by atoms with Crippen molar-refractivity contribution in [3.63, 3.8) is 0 Å². The molecule has 2 nitrogen and oxygen atoms in total. The molecule has 2 N–H and O–H groups in total. The molecule has 0 radical (unpaired) electrons. The summed E-state index contributed by atoms with van der Waals surface area (Å²) in [5, 5.41) is 0. The van der Waals surface area contributed by atoms with Crippen LogP contribution in [0, 0.1) is 6.92 Å². The van der Waals surface area contributed by atoms with Gasteiger partial charge in [0.05, 0.1) is 0 Å². The van der Waals surface area contributed by atoms with E-state index in [-0.39, 0.29) is 12.4 Å². The summed E-state index contributed by atoms with van der Waals surface area (Å²) in [4.78, 5) is 0. The van der Waals surface area contributed by atoms with Crippen LogP contribution in [0.4, 0.5) is 5.69 Å². The molecule has 1 aromatic rings. The van der Waals surface area contributed by atoms with Crippen LogP contribution >= 0.6 is 28.6 Å². The van der Waals surface area contributed by atoms with Gasteiger partial charge in [0.1, 0.15) is 0 Å². The zero-order chi connectivity index (χ0) is 7.40. The number of hydrazine groups is 1. The van der Waals surface area contributed by atoms with Gasteiger partial charge in [0, 0.05) is 21.8 Å². The topological polar surface area (TPSA) is 24.1 Å². The van der Waals surface area contributed by atoms with Crippen LogP contribution in [0.5, 0.6) is 0 Å². The Bertz CT molecular complexity index is 200. The lowest BCUT2D eigenvalue weighted by Gasteiger charge is -2.01. The largest absolute Gasteiger partial charge is 0.312 e. The Morgan fingerprint density at radius 1 is 1.18 bits per heavy atom. The highest BCUT2D eigenvalue weighted by atomic mass is 79.9. The molecule has 0 aromatic heterocycles. The van der Waals surface area contributed by atoms with E-state index in [1.54, 1.807) is 0 Å². The lowest BCUT2D eigenvalue weighted by Crippen LogP contribution is -2.07. The smallest absolute Gasteiger partial charge is 0.0496 e. The third kappa shape index (κ3) is 3.60. The maximum atomic E-state index is 3.04. The summed E-state index contributed by atoms with van der Waals surface area (Å²) in [6.07, 6.45) is 0. The number of hydrogen-bond acceptors (Lipinski definition) is 2. The van der Waals surface area contributed by atoms with Crippen molar-refractivity contribution in [3.05, 3.63) is 29.8 Å². The molecule has 62 valence electrons. The Morgan fingerprint density at radius 2 is 1.73 bits per heavy atom. The normalized spacial score (nSPS) is 8.55. The third-order valence-electron chi connectivity index (χ3n) is 1.24. The van der Waals surface area contributed by atoms with Crippen LogP contribution in [0.3, 0.4) is 0 Å². The summed E-state index contributed by atoms with van der Waals surface area (Å²) in [6.45, 7) is 2.06. The van der Waals surface area contributed by atoms with Gasteiger partial charge in [0.15, 0.2) is 0 Å². The van der Waals surface area contributed by atoms with Crippen LogP contribution in [0.2, 0.25) is 0 Å². The summed E-state index contributed by atoms with van der Waals surface area (Å²) in [7, 11) is 0. The third-order valence-corrected chi connectivity index (χ3v) is 1.44. The average molecular weight is 238 g/mol. The number of nitrogens with one attached hydrogen (secondary N) is 2. The first-order chi connectivity index (χ1) is 4.83. The van der Waals surface area contributed by atoms with E-state index in [1.165, 1.54) is 5.56 Å². The summed E-state index contributed by atoms with van der Waals surface area (Å²) in [6, 6.07) is 8.10. The van der Waals surface area contributed by atoms with Gasteiger partial charge in [0.25, 0.3) is 0 Å². The first-order valence-electron chi connectivity index (χ1n) is 3.01. The maximum absolute atomic E-state index is 3.04. The molecule has 0 aliphatic carbocycles. The molecule has 0 heterocycles. The fraction of sp³-hybridized carbons (Fsp3) is 0.143. The van der Waals surface area contributed by atoms with Crippen molar-refractivity contribution >= 4 is 34.2 Å². The molecule has 0 aliphatic rings. The highest BCUT2D eigenvalue weighted by Crippen LogP contribution is 2.06. The minimum Gasteiger partial charge on any atom is -0.312 e. The quantitative estimate of drug-likeness (QED) is 0.610. The van der Waals surface area contributed by atoms with E-state index >= 15 is 0 Å². The second-order valence-corrected chi connectivity index (χ2v) is 2.48. The molecule has 0 fully saturated rings. The molecule has 4 heteroatoms. The number of anilines is 1. The molecule has 0 atom stereocenters. The molecule has 0 aliphatic heterocycles. The number of hydrogen-bond donors (Lipinski definition) is 2. The highest BCUT2D eigenvalue weighted by molar-refractivity contribution is 9.08. The predicted octanol–water partition coefficient (Wildman–Crippen LogP) is 2.64. The van der Waals surface area contributed by atoms with Gasteiger partial charge < -0.3 is 5.43 Å². The van der Waals surface area contributed by atoms with Gasteiger partial charge >= 0.3 is 0 Å². The Kier molecular flexibility index (Phi) is 5.28. The van der Waals surface area contributed by atoms with Crippen LogP contribution in [0.15, 0.2) is 24.3 Å². The first kappa shape index (κ1) is 10.8. The fourth-order valence-corrected chi connectivity index (χ4v) is 0.920. The van der Waals surface area contributed by atoms with Crippen molar-refractivity contribution in [3.8, 4) is 0 Å². The van der Waals surface area contributed by atoms with Crippen molar-refractivity contribution < 1.29 is 0 Å². The molecule has 11 heavy (non-hydrogen) atoms. The number of aryl methyl sites for hydroxylation is 1. The summed E-state index contributed by atoms with van der Waals surface area (Å²) in [5.74, 6) is 0. The van der Waals surface area contributed by atoms with Gasteiger partial charge in [-0.05, 0) is 19.1 Å². The van der Waals surface area contributed by atoms with Gasteiger partial charge in [-0.25, -0.2) is 0 Å². The minimum absolute atomic E-state index is 0. The predicted molar refractivity (Wildman–Crippen MR) is 54.1 cm³/mol. The number of benzene rings is 1. The second kappa shape index (κ2) is 5.41. The fourth-order valence-electron chi connectivity index (χ4n) is 0.691. The van der Waals surface area contributed by atoms with E-state index in [2.05, 4.69) is 32.9 Å². The average Bonchev–Trinajstić information content (AvgIpc) is 1.95. The van der Waals surface area contributed by atoms with Gasteiger partial charge in [-0.15, -0.1) is 12.4 Å². The highest BCUT2D eigenvalue weighted by Gasteiger charge is 1.86. The van der Waals surface area contributed by atoms with Crippen molar-refractivity contribution in [1.82, 2.24) is 4.45 Å². The number of halogens is 2. The molecule has 0 bridgehead atoms. The Hall–Kier alpha value is -0.250. The molecule has 0 amide bonds. The Balaban J connectivity index is 0.000001000.